The predicted molar refractivity (Wildman–Crippen MR) is 95.6 cm³/mol. The summed E-state index contributed by atoms with van der Waals surface area (Å²) in [4.78, 5) is 0. The molecule has 0 fully saturated rings. The van der Waals surface area contributed by atoms with Gasteiger partial charge >= 0.3 is 0 Å². The molecule has 0 spiro atoms. The minimum absolute atomic E-state index is 0.234. The molecule has 0 amide bonds. The molecule has 2 heteroatoms. The van der Waals surface area contributed by atoms with Crippen molar-refractivity contribution in [2.75, 3.05) is 0 Å². The molecule has 0 unspecified atom stereocenters. The Labute approximate surface area is 142 Å². The summed E-state index contributed by atoms with van der Waals surface area (Å²) in [6.45, 7) is 0. The summed E-state index contributed by atoms with van der Waals surface area (Å²) in [5.74, 6) is 1.25. The summed E-state index contributed by atoms with van der Waals surface area (Å²) in [5, 5.41) is 19.5. The fourth-order valence-corrected chi connectivity index (χ4v) is 3.96. The van der Waals surface area contributed by atoms with Crippen LogP contribution in [0.2, 0.25) is 0 Å². The second-order valence-corrected chi connectivity index (χ2v) is 6.51. The first-order valence-corrected chi connectivity index (χ1v) is 8.38. The number of fused-ring (bicyclic) bond motifs is 1. The molecule has 2 atom stereocenters. The Balaban J connectivity index is 1.86. The van der Waals surface area contributed by atoms with Crippen molar-refractivity contribution in [3.05, 3.63) is 95.1 Å². The molecule has 24 heavy (non-hydrogen) atoms. The van der Waals surface area contributed by atoms with Crippen LogP contribution in [0, 0.1) is 0 Å². The first-order valence-electron chi connectivity index (χ1n) is 8.38. The summed E-state index contributed by atoms with van der Waals surface area (Å²) in [6, 6.07) is 23.9. The molecule has 0 aliphatic heterocycles. The van der Waals surface area contributed by atoms with Crippen molar-refractivity contribution in [1.82, 2.24) is 0 Å². The van der Waals surface area contributed by atoms with Gasteiger partial charge in [0.25, 0.3) is 0 Å². The zero-order valence-electron chi connectivity index (χ0n) is 13.4. The quantitative estimate of drug-likeness (QED) is 0.701. The molecule has 0 saturated carbocycles. The Kier molecular flexibility index (Phi) is 3.73. The molecule has 120 valence electrons. The fourth-order valence-electron chi connectivity index (χ4n) is 3.96. The van der Waals surface area contributed by atoms with Gasteiger partial charge < -0.3 is 10.2 Å². The summed E-state index contributed by atoms with van der Waals surface area (Å²) in [5.41, 5.74) is 5.04. The van der Waals surface area contributed by atoms with Crippen molar-refractivity contribution in [1.29, 1.82) is 0 Å². The molecule has 3 aromatic rings. The lowest BCUT2D eigenvalue weighted by Gasteiger charge is -2.34. The van der Waals surface area contributed by atoms with E-state index in [0.29, 0.717) is 11.7 Å². The van der Waals surface area contributed by atoms with E-state index in [4.69, 9.17) is 0 Å². The van der Waals surface area contributed by atoms with Crippen LogP contribution in [0.25, 0.3) is 0 Å². The third-order valence-corrected chi connectivity index (χ3v) is 5.07. The van der Waals surface area contributed by atoms with E-state index in [1.54, 1.807) is 18.2 Å². The van der Waals surface area contributed by atoms with E-state index in [2.05, 4.69) is 30.3 Å². The van der Waals surface area contributed by atoms with E-state index in [0.717, 1.165) is 12.8 Å². The molecule has 0 radical (unpaired) electrons. The maximum Gasteiger partial charge on any atom is 0.115 e. The van der Waals surface area contributed by atoms with E-state index < -0.39 is 0 Å². The van der Waals surface area contributed by atoms with Gasteiger partial charge in [0, 0.05) is 5.92 Å². The third-order valence-electron chi connectivity index (χ3n) is 5.07. The van der Waals surface area contributed by atoms with Crippen LogP contribution in [-0.2, 0) is 6.42 Å². The number of benzene rings is 3. The second-order valence-electron chi connectivity index (χ2n) is 6.51. The summed E-state index contributed by atoms with van der Waals surface area (Å²) in [6.07, 6.45) is 2.02. The first-order chi connectivity index (χ1) is 11.7. The molecule has 4 rings (SSSR count). The molecule has 2 N–H and O–H groups in total. The van der Waals surface area contributed by atoms with Crippen LogP contribution in [0.4, 0.5) is 0 Å². The van der Waals surface area contributed by atoms with Gasteiger partial charge in [0.15, 0.2) is 0 Å². The van der Waals surface area contributed by atoms with Gasteiger partial charge in [-0.25, -0.2) is 0 Å². The molecule has 0 aromatic heterocycles. The molecule has 1 aliphatic rings. The largest absolute Gasteiger partial charge is 0.508 e. The number of aryl methyl sites for hydroxylation is 1. The van der Waals surface area contributed by atoms with Crippen molar-refractivity contribution >= 4 is 0 Å². The van der Waals surface area contributed by atoms with Crippen LogP contribution < -0.4 is 0 Å². The highest BCUT2D eigenvalue weighted by Gasteiger charge is 2.32. The van der Waals surface area contributed by atoms with Gasteiger partial charge in [-0.3, -0.25) is 0 Å². The molecule has 1 aliphatic carbocycles. The second kappa shape index (κ2) is 6.04. The summed E-state index contributed by atoms with van der Waals surface area (Å²) < 4.78 is 0. The molecule has 0 heterocycles. The highest BCUT2D eigenvalue weighted by Crippen LogP contribution is 2.46. The van der Waals surface area contributed by atoms with Gasteiger partial charge in [-0.05, 0) is 65.3 Å². The number of phenols is 2. The van der Waals surface area contributed by atoms with Gasteiger partial charge in [0.05, 0.1) is 0 Å². The van der Waals surface area contributed by atoms with Crippen molar-refractivity contribution in [3.63, 3.8) is 0 Å². The smallest absolute Gasteiger partial charge is 0.115 e. The van der Waals surface area contributed by atoms with Crippen molar-refractivity contribution in [2.24, 2.45) is 0 Å². The van der Waals surface area contributed by atoms with Crippen LogP contribution >= 0.6 is 0 Å². The molecule has 0 bridgehead atoms. The Morgan fingerprint density at radius 3 is 2.17 bits per heavy atom. The van der Waals surface area contributed by atoms with Gasteiger partial charge in [0.1, 0.15) is 11.5 Å². The van der Waals surface area contributed by atoms with Crippen LogP contribution in [0.1, 0.15) is 40.5 Å². The Morgan fingerprint density at radius 1 is 0.708 bits per heavy atom. The van der Waals surface area contributed by atoms with Gasteiger partial charge in [-0.1, -0.05) is 48.5 Å². The molecular weight excluding hydrogens is 296 g/mol. The van der Waals surface area contributed by atoms with Gasteiger partial charge in [0.2, 0.25) is 0 Å². The van der Waals surface area contributed by atoms with Crippen LogP contribution in [0.15, 0.2) is 72.8 Å². The standard InChI is InChI=1S/C22H20O2/c23-18-9-6-16(7-10-18)22-20(15-4-2-1-3-5-15)12-8-17-14-19(24)11-13-21(17)22/h1-7,9-11,13-14,20,22-24H,8,12H2/t20-,22+/m1/s1. The lowest BCUT2D eigenvalue weighted by atomic mass is 9.69. The SMILES string of the molecule is Oc1ccc([C@@H]2c3ccc(O)cc3CC[C@@H]2c2ccccc2)cc1. The third kappa shape index (κ3) is 2.65. The van der Waals surface area contributed by atoms with E-state index in [-0.39, 0.29) is 11.7 Å². The molecular formula is C22H20O2. The number of rotatable bonds is 2. The van der Waals surface area contributed by atoms with E-state index >= 15 is 0 Å². The number of phenolic OH excluding ortho intramolecular Hbond substituents is 2. The van der Waals surface area contributed by atoms with Crippen molar-refractivity contribution in [3.8, 4) is 11.5 Å². The maximum absolute atomic E-state index is 9.83. The molecule has 2 nitrogen and oxygen atoms in total. The zero-order chi connectivity index (χ0) is 16.5. The predicted octanol–water partition coefficient (Wildman–Crippen LogP) is 4.96. The number of hydrogen-bond donors (Lipinski definition) is 2. The number of aromatic hydroxyl groups is 2. The highest BCUT2D eigenvalue weighted by molar-refractivity contribution is 5.47. The Bertz CT molecular complexity index is 838. The number of hydrogen-bond acceptors (Lipinski definition) is 2. The lowest BCUT2D eigenvalue weighted by Crippen LogP contribution is -2.20. The van der Waals surface area contributed by atoms with E-state index in [1.807, 2.05) is 24.3 Å². The van der Waals surface area contributed by atoms with E-state index in [1.165, 1.54) is 22.3 Å². The van der Waals surface area contributed by atoms with E-state index in [9.17, 15) is 10.2 Å². The van der Waals surface area contributed by atoms with Gasteiger partial charge in [-0.2, -0.15) is 0 Å². The minimum Gasteiger partial charge on any atom is -0.508 e. The molecule has 0 saturated heterocycles. The first kappa shape index (κ1) is 14.8. The van der Waals surface area contributed by atoms with Crippen LogP contribution in [-0.4, -0.2) is 10.2 Å². The maximum atomic E-state index is 9.83. The average Bonchev–Trinajstić information content (AvgIpc) is 2.62. The van der Waals surface area contributed by atoms with Crippen LogP contribution in [0.3, 0.4) is 0 Å². The monoisotopic (exact) mass is 316 g/mol. The normalized spacial score (nSPS) is 19.7. The fraction of sp³-hybridized carbons (Fsp3) is 0.182. The Morgan fingerprint density at radius 2 is 1.42 bits per heavy atom. The van der Waals surface area contributed by atoms with Crippen molar-refractivity contribution < 1.29 is 10.2 Å². The van der Waals surface area contributed by atoms with Crippen LogP contribution in [0.5, 0.6) is 11.5 Å². The average molecular weight is 316 g/mol. The zero-order valence-corrected chi connectivity index (χ0v) is 13.4. The minimum atomic E-state index is 0.234. The lowest BCUT2D eigenvalue weighted by molar-refractivity contribution is 0.468. The van der Waals surface area contributed by atoms with Crippen molar-refractivity contribution in [2.45, 2.75) is 24.7 Å². The van der Waals surface area contributed by atoms with Gasteiger partial charge in [-0.15, -0.1) is 0 Å². The highest BCUT2D eigenvalue weighted by atomic mass is 16.3. The topological polar surface area (TPSA) is 40.5 Å². The summed E-state index contributed by atoms with van der Waals surface area (Å²) >= 11 is 0. The molecule has 3 aromatic carbocycles. The summed E-state index contributed by atoms with van der Waals surface area (Å²) in [7, 11) is 0. The Hall–Kier alpha value is -2.74.